The van der Waals surface area contributed by atoms with Crippen molar-refractivity contribution < 1.29 is 0 Å². The number of likely N-dealkylation sites (tertiary alicyclic amines) is 1. The van der Waals surface area contributed by atoms with Crippen LogP contribution in [0.5, 0.6) is 0 Å². The van der Waals surface area contributed by atoms with Gasteiger partial charge in [-0.2, -0.15) is 0 Å². The molecule has 2 aromatic rings. The molecule has 1 saturated heterocycles. The standard InChI is InChI=1S/C21H27ClN2/c1-17-6-8-18(9-7-17)14-23-15-19-10-12-24(13-11-19)16-20-4-2-3-5-21(20)22/h2-9,19,23H,10-16H2,1H3. The maximum absolute atomic E-state index is 6.27. The zero-order valence-electron chi connectivity index (χ0n) is 14.5. The van der Waals surface area contributed by atoms with Crippen LogP contribution in [0.25, 0.3) is 0 Å². The molecule has 0 saturated carbocycles. The van der Waals surface area contributed by atoms with Crippen LogP contribution in [0.15, 0.2) is 48.5 Å². The summed E-state index contributed by atoms with van der Waals surface area (Å²) < 4.78 is 0. The van der Waals surface area contributed by atoms with Crippen LogP contribution in [0.3, 0.4) is 0 Å². The monoisotopic (exact) mass is 342 g/mol. The Morgan fingerprint density at radius 1 is 1.04 bits per heavy atom. The molecular weight excluding hydrogens is 316 g/mol. The summed E-state index contributed by atoms with van der Waals surface area (Å²) in [4.78, 5) is 2.53. The van der Waals surface area contributed by atoms with E-state index in [1.54, 1.807) is 0 Å². The fraction of sp³-hybridized carbons (Fsp3) is 0.429. The quantitative estimate of drug-likeness (QED) is 0.822. The Bertz CT molecular complexity index is 631. The SMILES string of the molecule is Cc1ccc(CNCC2CCN(Cc3ccccc3Cl)CC2)cc1. The first-order chi connectivity index (χ1) is 11.7. The van der Waals surface area contributed by atoms with E-state index in [1.807, 2.05) is 12.1 Å². The molecule has 1 aliphatic rings. The van der Waals surface area contributed by atoms with Gasteiger partial charge in [-0.25, -0.2) is 0 Å². The largest absolute Gasteiger partial charge is 0.312 e. The minimum absolute atomic E-state index is 0.790. The first-order valence-electron chi connectivity index (χ1n) is 8.93. The fourth-order valence-electron chi connectivity index (χ4n) is 3.34. The van der Waals surface area contributed by atoms with Crippen molar-refractivity contribution in [3.8, 4) is 0 Å². The van der Waals surface area contributed by atoms with Crippen LogP contribution in [0.2, 0.25) is 5.02 Å². The third-order valence-electron chi connectivity index (χ3n) is 4.94. The molecule has 0 aliphatic carbocycles. The van der Waals surface area contributed by atoms with E-state index in [2.05, 4.69) is 53.5 Å². The molecule has 0 amide bonds. The minimum atomic E-state index is 0.790. The summed E-state index contributed by atoms with van der Waals surface area (Å²) in [6, 6.07) is 17.0. The van der Waals surface area contributed by atoms with Gasteiger partial charge in [0.1, 0.15) is 0 Å². The van der Waals surface area contributed by atoms with Gasteiger partial charge in [0.15, 0.2) is 0 Å². The first-order valence-corrected chi connectivity index (χ1v) is 9.30. The second-order valence-electron chi connectivity index (χ2n) is 6.93. The normalized spacial score (nSPS) is 16.4. The molecular formula is C21H27ClN2. The summed E-state index contributed by atoms with van der Waals surface area (Å²) in [5.41, 5.74) is 3.94. The minimum Gasteiger partial charge on any atom is -0.312 e. The van der Waals surface area contributed by atoms with Crippen molar-refractivity contribution in [2.75, 3.05) is 19.6 Å². The van der Waals surface area contributed by atoms with Crippen molar-refractivity contribution in [1.29, 1.82) is 0 Å². The number of benzene rings is 2. The summed E-state index contributed by atoms with van der Waals surface area (Å²) in [5, 5.41) is 4.51. The maximum atomic E-state index is 6.27. The third-order valence-corrected chi connectivity index (χ3v) is 5.31. The van der Waals surface area contributed by atoms with Gasteiger partial charge >= 0.3 is 0 Å². The first kappa shape index (κ1) is 17.5. The number of aryl methyl sites for hydroxylation is 1. The van der Waals surface area contributed by atoms with E-state index in [1.165, 1.54) is 42.6 Å². The van der Waals surface area contributed by atoms with E-state index in [0.29, 0.717) is 0 Å². The van der Waals surface area contributed by atoms with E-state index in [4.69, 9.17) is 11.6 Å². The smallest absolute Gasteiger partial charge is 0.0451 e. The average molecular weight is 343 g/mol. The highest BCUT2D eigenvalue weighted by Gasteiger charge is 2.19. The van der Waals surface area contributed by atoms with Gasteiger partial charge in [-0.1, -0.05) is 59.6 Å². The molecule has 1 fully saturated rings. The summed E-state index contributed by atoms with van der Waals surface area (Å²) in [6.07, 6.45) is 2.54. The fourth-order valence-corrected chi connectivity index (χ4v) is 3.54. The third kappa shape index (κ3) is 5.07. The van der Waals surface area contributed by atoms with Crippen molar-refractivity contribution in [2.45, 2.75) is 32.9 Å². The molecule has 1 N–H and O–H groups in total. The second-order valence-corrected chi connectivity index (χ2v) is 7.33. The van der Waals surface area contributed by atoms with E-state index in [0.717, 1.165) is 30.6 Å². The van der Waals surface area contributed by atoms with Gasteiger partial charge in [-0.3, -0.25) is 4.90 Å². The van der Waals surface area contributed by atoms with Crippen molar-refractivity contribution in [3.05, 3.63) is 70.2 Å². The molecule has 2 nitrogen and oxygen atoms in total. The van der Waals surface area contributed by atoms with E-state index < -0.39 is 0 Å². The van der Waals surface area contributed by atoms with E-state index >= 15 is 0 Å². The van der Waals surface area contributed by atoms with E-state index in [9.17, 15) is 0 Å². The lowest BCUT2D eigenvalue weighted by Crippen LogP contribution is -2.36. The van der Waals surface area contributed by atoms with E-state index in [-0.39, 0.29) is 0 Å². The van der Waals surface area contributed by atoms with Crippen LogP contribution in [0.1, 0.15) is 29.5 Å². The predicted molar refractivity (Wildman–Crippen MR) is 102 cm³/mol. The Balaban J connectivity index is 1.37. The van der Waals surface area contributed by atoms with Gasteiger partial charge in [-0.15, -0.1) is 0 Å². The lowest BCUT2D eigenvalue weighted by Gasteiger charge is -2.32. The van der Waals surface area contributed by atoms with Crippen LogP contribution in [0, 0.1) is 12.8 Å². The van der Waals surface area contributed by atoms with Crippen LogP contribution in [0.4, 0.5) is 0 Å². The summed E-state index contributed by atoms with van der Waals surface area (Å²) in [7, 11) is 0. The van der Waals surface area contributed by atoms with Gasteiger partial charge < -0.3 is 5.32 Å². The molecule has 2 aromatic carbocycles. The molecule has 24 heavy (non-hydrogen) atoms. The van der Waals surface area contributed by atoms with Crippen molar-refractivity contribution in [2.24, 2.45) is 5.92 Å². The Labute approximate surface area is 150 Å². The molecule has 3 rings (SSSR count). The molecule has 1 aliphatic heterocycles. The Morgan fingerprint density at radius 3 is 2.46 bits per heavy atom. The van der Waals surface area contributed by atoms with Crippen LogP contribution in [-0.4, -0.2) is 24.5 Å². The Hall–Kier alpha value is -1.35. The molecule has 128 valence electrons. The highest BCUT2D eigenvalue weighted by atomic mass is 35.5. The van der Waals surface area contributed by atoms with Crippen LogP contribution >= 0.6 is 11.6 Å². The van der Waals surface area contributed by atoms with Gasteiger partial charge in [0.05, 0.1) is 0 Å². The Kier molecular flexibility index (Phi) is 6.30. The average Bonchev–Trinajstić information content (AvgIpc) is 2.60. The zero-order chi connectivity index (χ0) is 16.8. The number of halogens is 1. The number of piperidine rings is 1. The van der Waals surface area contributed by atoms with Crippen molar-refractivity contribution in [1.82, 2.24) is 10.2 Å². The zero-order valence-corrected chi connectivity index (χ0v) is 15.2. The number of rotatable bonds is 6. The molecule has 3 heteroatoms. The molecule has 0 unspecified atom stereocenters. The highest BCUT2D eigenvalue weighted by Crippen LogP contribution is 2.22. The molecule has 0 radical (unpaired) electrons. The van der Waals surface area contributed by atoms with Gasteiger partial charge in [0.2, 0.25) is 0 Å². The predicted octanol–water partition coefficient (Wildman–Crippen LogP) is 4.65. The van der Waals surface area contributed by atoms with Gasteiger partial charge in [0.25, 0.3) is 0 Å². The number of nitrogens with zero attached hydrogens (tertiary/aromatic N) is 1. The molecule has 0 spiro atoms. The maximum Gasteiger partial charge on any atom is 0.0451 e. The van der Waals surface area contributed by atoms with Gasteiger partial charge in [0, 0.05) is 18.1 Å². The molecule has 0 bridgehead atoms. The number of hydrogen-bond acceptors (Lipinski definition) is 2. The van der Waals surface area contributed by atoms with Crippen LogP contribution < -0.4 is 5.32 Å². The topological polar surface area (TPSA) is 15.3 Å². The molecule has 1 heterocycles. The molecule has 0 atom stereocenters. The summed E-state index contributed by atoms with van der Waals surface area (Å²) in [5.74, 6) is 0.790. The van der Waals surface area contributed by atoms with Crippen molar-refractivity contribution in [3.63, 3.8) is 0 Å². The molecule has 0 aromatic heterocycles. The lowest BCUT2D eigenvalue weighted by molar-refractivity contribution is 0.175. The number of nitrogens with one attached hydrogen (secondary N) is 1. The highest BCUT2D eigenvalue weighted by molar-refractivity contribution is 6.31. The lowest BCUT2D eigenvalue weighted by atomic mass is 9.96. The summed E-state index contributed by atoms with van der Waals surface area (Å²) in [6.45, 7) is 7.54. The Morgan fingerprint density at radius 2 is 1.75 bits per heavy atom. The summed E-state index contributed by atoms with van der Waals surface area (Å²) >= 11 is 6.27. The van der Waals surface area contributed by atoms with Crippen LogP contribution in [-0.2, 0) is 13.1 Å². The number of hydrogen-bond donors (Lipinski definition) is 1. The second kappa shape index (κ2) is 8.66. The van der Waals surface area contributed by atoms with Gasteiger partial charge in [-0.05, 0) is 62.5 Å². The van der Waals surface area contributed by atoms with Crippen molar-refractivity contribution >= 4 is 11.6 Å².